The maximum atomic E-state index is 13.0. The van der Waals surface area contributed by atoms with Gasteiger partial charge in [0, 0.05) is 44.6 Å². The highest BCUT2D eigenvalue weighted by atomic mass is 32.2. The van der Waals surface area contributed by atoms with Gasteiger partial charge in [-0.15, -0.1) is 0 Å². The van der Waals surface area contributed by atoms with Crippen molar-refractivity contribution < 1.29 is 22.7 Å². The van der Waals surface area contributed by atoms with E-state index < -0.39 is 10.0 Å². The molecule has 8 nitrogen and oxygen atoms in total. The third-order valence-electron chi connectivity index (χ3n) is 6.38. The van der Waals surface area contributed by atoms with Crippen molar-refractivity contribution in [3.8, 4) is 10.9 Å². The number of likely N-dealkylation sites (tertiary alicyclic amines) is 1. The SMILES string of the molecule is COc1ccc2nc(OC3CCN(C(=O)c4ccc(S(=O)(=O)N5CCCC5)cc4)CC3)sc2c1. The van der Waals surface area contributed by atoms with Gasteiger partial charge in [-0.25, -0.2) is 13.4 Å². The van der Waals surface area contributed by atoms with Gasteiger partial charge in [-0.3, -0.25) is 4.79 Å². The maximum Gasteiger partial charge on any atom is 0.274 e. The van der Waals surface area contributed by atoms with Gasteiger partial charge in [-0.1, -0.05) is 11.3 Å². The largest absolute Gasteiger partial charge is 0.497 e. The Morgan fingerprint density at radius 2 is 1.74 bits per heavy atom. The predicted octanol–water partition coefficient (Wildman–Crippen LogP) is 3.77. The van der Waals surface area contributed by atoms with Crippen LogP contribution in [0, 0.1) is 0 Å². The zero-order valence-corrected chi connectivity index (χ0v) is 20.6. The average Bonchev–Trinajstić information content (AvgIpc) is 3.54. The van der Waals surface area contributed by atoms with Crippen LogP contribution in [-0.4, -0.2) is 67.9 Å². The van der Waals surface area contributed by atoms with Crippen molar-refractivity contribution in [2.75, 3.05) is 33.3 Å². The van der Waals surface area contributed by atoms with E-state index in [0.717, 1.165) is 28.8 Å². The molecule has 1 amide bonds. The highest BCUT2D eigenvalue weighted by molar-refractivity contribution is 7.89. The van der Waals surface area contributed by atoms with E-state index in [1.165, 1.54) is 15.6 Å². The summed E-state index contributed by atoms with van der Waals surface area (Å²) in [5.41, 5.74) is 1.38. The number of hydrogen-bond acceptors (Lipinski definition) is 7. The molecule has 10 heteroatoms. The molecule has 0 radical (unpaired) electrons. The quantitative estimate of drug-likeness (QED) is 0.511. The number of carbonyl (C=O) groups excluding carboxylic acids is 1. The monoisotopic (exact) mass is 501 g/mol. The van der Waals surface area contributed by atoms with E-state index in [1.54, 1.807) is 36.3 Å². The van der Waals surface area contributed by atoms with Crippen LogP contribution < -0.4 is 9.47 Å². The number of thiazole rings is 1. The summed E-state index contributed by atoms with van der Waals surface area (Å²) in [5, 5.41) is 0.628. The van der Waals surface area contributed by atoms with Crippen molar-refractivity contribution in [3.63, 3.8) is 0 Å². The van der Waals surface area contributed by atoms with E-state index >= 15 is 0 Å². The van der Waals surface area contributed by atoms with E-state index in [1.807, 2.05) is 18.2 Å². The van der Waals surface area contributed by atoms with Gasteiger partial charge < -0.3 is 14.4 Å². The molecule has 2 aliphatic rings. The van der Waals surface area contributed by atoms with Crippen LogP contribution in [0.25, 0.3) is 10.2 Å². The molecule has 0 spiro atoms. The summed E-state index contributed by atoms with van der Waals surface area (Å²) in [5.74, 6) is 0.701. The summed E-state index contributed by atoms with van der Waals surface area (Å²) in [6.07, 6.45) is 3.21. The van der Waals surface area contributed by atoms with Crippen LogP contribution in [0.3, 0.4) is 0 Å². The molecular formula is C24H27N3O5S2. The molecular weight excluding hydrogens is 474 g/mol. The second-order valence-corrected chi connectivity index (χ2v) is 11.5. The van der Waals surface area contributed by atoms with Crippen LogP contribution in [0.15, 0.2) is 47.4 Å². The lowest BCUT2D eigenvalue weighted by Crippen LogP contribution is -2.41. The Labute approximate surface area is 203 Å². The van der Waals surface area contributed by atoms with Gasteiger partial charge in [0.15, 0.2) is 0 Å². The van der Waals surface area contributed by atoms with Crippen molar-refractivity contribution in [1.29, 1.82) is 0 Å². The first-order valence-corrected chi connectivity index (χ1v) is 13.7. The number of amides is 1. The fourth-order valence-electron chi connectivity index (χ4n) is 4.41. The zero-order chi connectivity index (χ0) is 23.7. The lowest BCUT2D eigenvalue weighted by Gasteiger charge is -2.31. The summed E-state index contributed by atoms with van der Waals surface area (Å²) in [6, 6.07) is 12.1. The molecule has 5 rings (SSSR count). The van der Waals surface area contributed by atoms with Crippen LogP contribution in [0.1, 0.15) is 36.0 Å². The van der Waals surface area contributed by atoms with E-state index in [2.05, 4.69) is 4.98 Å². The topological polar surface area (TPSA) is 89.0 Å². The number of ether oxygens (including phenoxy) is 2. The number of nitrogens with zero attached hydrogens (tertiary/aromatic N) is 3. The molecule has 0 unspecified atom stereocenters. The fourth-order valence-corrected chi connectivity index (χ4v) is 6.84. The smallest absolute Gasteiger partial charge is 0.274 e. The highest BCUT2D eigenvalue weighted by Crippen LogP contribution is 2.32. The molecule has 0 bridgehead atoms. The Hall–Kier alpha value is -2.69. The Kier molecular flexibility index (Phi) is 6.46. The van der Waals surface area contributed by atoms with Crippen molar-refractivity contribution >= 4 is 37.5 Å². The molecule has 34 heavy (non-hydrogen) atoms. The minimum atomic E-state index is -3.48. The average molecular weight is 502 g/mol. The molecule has 3 aromatic rings. The number of methoxy groups -OCH3 is 1. The summed E-state index contributed by atoms with van der Waals surface area (Å²) in [7, 11) is -1.84. The minimum absolute atomic E-state index is 0.000474. The maximum absolute atomic E-state index is 13.0. The van der Waals surface area contributed by atoms with Crippen LogP contribution in [0.5, 0.6) is 10.9 Å². The molecule has 2 saturated heterocycles. The summed E-state index contributed by atoms with van der Waals surface area (Å²) in [6.45, 7) is 2.28. The standard InChI is InChI=1S/C24H27N3O5S2/c1-31-19-6-9-21-22(16-19)33-24(25-21)32-18-10-14-26(15-11-18)23(28)17-4-7-20(8-5-17)34(29,30)27-12-2-3-13-27/h4-9,16,18H,2-3,10-15H2,1H3. The number of piperidine rings is 1. The lowest BCUT2D eigenvalue weighted by molar-refractivity contribution is 0.0595. The molecule has 180 valence electrons. The molecule has 0 N–H and O–H groups in total. The first-order valence-electron chi connectivity index (χ1n) is 11.4. The van der Waals surface area contributed by atoms with Crippen molar-refractivity contribution in [2.24, 2.45) is 0 Å². The first kappa shape index (κ1) is 23.1. The van der Waals surface area contributed by atoms with Gasteiger partial charge in [-0.05, 0) is 55.3 Å². The second kappa shape index (κ2) is 9.52. The Morgan fingerprint density at radius 3 is 2.41 bits per heavy atom. The Morgan fingerprint density at radius 1 is 1.03 bits per heavy atom. The number of aromatic nitrogens is 1. The number of benzene rings is 2. The van der Waals surface area contributed by atoms with Gasteiger partial charge in [-0.2, -0.15) is 4.31 Å². The third kappa shape index (κ3) is 4.62. The molecule has 0 saturated carbocycles. The molecule has 0 atom stereocenters. The van der Waals surface area contributed by atoms with Crippen LogP contribution in [0.4, 0.5) is 0 Å². The molecule has 2 aromatic carbocycles. The summed E-state index contributed by atoms with van der Waals surface area (Å²) >= 11 is 1.49. The summed E-state index contributed by atoms with van der Waals surface area (Å²) in [4.78, 5) is 19.6. The molecule has 1 aromatic heterocycles. The van der Waals surface area contributed by atoms with Crippen LogP contribution in [0.2, 0.25) is 0 Å². The molecule has 2 aliphatic heterocycles. The number of hydrogen-bond donors (Lipinski definition) is 0. The Bertz CT molecular complexity index is 1280. The molecule has 2 fully saturated rings. The number of rotatable bonds is 6. The number of carbonyl (C=O) groups is 1. The van der Waals surface area contributed by atoms with E-state index in [0.29, 0.717) is 49.8 Å². The normalized spacial score (nSPS) is 17.9. The zero-order valence-electron chi connectivity index (χ0n) is 19.0. The number of fused-ring (bicyclic) bond motifs is 1. The van der Waals surface area contributed by atoms with Gasteiger partial charge in [0.2, 0.25) is 10.0 Å². The Balaban J connectivity index is 1.18. The first-order chi connectivity index (χ1) is 16.4. The molecule has 3 heterocycles. The van der Waals surface area contributed by atoms with Gasteiger partial charge in [0.25, 0.3) is 11.1 Å². The van der Waals surface area contributed by atoms with Crippen LogP contribution in [-0.2, 0) is 10.0 Å². The molecule has 0 aliphatic carbocycles. The van der Waals surface area contributed by atoms with Gasteiger partial charge in [0.1, 0.15) is 11.9 Å². The fraction of sp³-hybridized carbons (Fsp3) is 0.417. The van der Waals surface area contributed by atoms with Gasteiger partial charge >= 0.3 is 0 Å². The number of sulfonamides is 1. The lowest BCUT2D eigenvalue weighted by atomic mass is 10.1. The van der Waals surface area contributed by atoms with Gasteiger partial charge in [0.05, 0.1) is 22.2 Å². The van der Waals surface area contributed by atoms with Crippen molar-refractivity contribution in [1.82, 2.24) is 14.2 Å². The summed E-state index contributed by atoms with van der Waals surface area (Å²) < 4.78 is 39.3. The second-order valence-electron chi connectivity index (χ2n) is 8.56. The highest BCUT2D eigenvalue weighted by Gasteiger charge is 2.28. The van der Waals surface area contributed by atoms with Crippen molar-refractivity contribution in [2.45, 2.75) is 36.7 Å². The predicted molar refractivity (Wildman–Crippen MR) is 130 cm³/mol. The van der Waals surface area contributed by atoms with Crippen molar-refractivity contribution in [3.05, 3.63) is 48.0 Å². The van der Waals surface area contributed by atoms with E-state index in [-0.39, 0.29) is 16.9 Å². The van der Waals surface area contributed by atoms with E-state index in [4.69, 9.17) is 9.47 Å². The van der Waals surface area contributed by atoms with E-state index in [9.17, 15) is 13.2 Å². The van der Waals surface area contributed by atoms with Crippen LogP contribution >= 0.6 is 11.3 Å². The third-order valence-corrected chi connectivity index (χ3v) is 9.20. The minimum Gasteiger partial charge on any atom is -0.497 e.